The quantitative estimate of drug-likeness (QED) is 0.746. The van der Waals surface area contributed by atoms with Gasteiger partial charge in [0.25, 0.3) is 0 Å². The lowest BCUT2D eigenvalue weighted by molar-refractivity contribution is 0.448. The maximum absolute atomic E-state index is 10.2. The van der Waals surface area contributed by atoms with E-state index in [2.05, 4.69) is 25.8 Å². The summed E-state index contributed by atoms with van der Waals surface area (Å²) in [6, 6.07) is 3.94. The monoisotopic (exact) mass is 219 g/mol. The fourth-order valence-electron chi connectivity index (χ4n) is 1.62. The van der Waals surface area contributed by atoms with Gasteiger partial charge in [0.05, 0.1) is 0 Å². The fraction of sp³-hybridized carbons (Fsp3) is 0.500. The standard InChI is InChI=1S/C14H21NO/c1-6-7-15-12-9-10(2)8-11(13(12)16)14(3,4)5/h7-9,16H,6H2,1-5H3/b15-7-. The summed E-state index contributed by atoms with van der Waals surface area (Å²) < 4.78 is 0. The molecule has 0 spiro atoms. The molecule has 0 aliphatic heterocycles. The van der Waals surface area contributed by atoms with Crippen molar-refractivity contribution in [1.82, 2.24) is 0 Å². The Kier molecular flexibility index (Phi) is 3.74. The molecule has 0 saturated heterocycles. The maximum atomic E-state index is 10.2. The summed E-state index contributed by atoms with van der Waals surface area (Å²) in [5.41, 5.74) is 2.69. The van der Waals surface area contributed by atoms with Crippen LogP contribution >= 0.6 is 0 Å². The Morgan fingerprint density at radius 3 is 2.44 bits per heavy atom. The Balaban J connectivity index is 3.32. The van der Waals surface area contributed by atoms with Crippen molar-refractivity contribution in [3.05, 3.63) is 23.3 Å². The largest absolute Gasteiger partial charge is 0.505 e. The van der Waals surface area contributed by atoms with Crippen molar-refractivity contribution in [2.24, 2.45) is 4.99 Å². The first-order chi connectivity index (χ1) is 7.36. The van der Waals surface area contributed by atoms with Crippen molar-refractivity contribution in [3.8, 4) is 5.75 Å². The molecular formula is C14H21NO. The molecule has 2 heteroatoms. The number of aliphatic imine (C=N–C) groups is 1. The zero-order chi connectivity index (χ0) is 12.3. The lowest BCUT2D eigenvalue weighted by Crippen LogP contribution is -2.11. The average Bonchev–Trinajstić information content (AvgIpc) is 2.17. The summed E-state index contributed by atoms with van der Waals surface area (Å²) in [4.78, 5) is 4.28. The molecule has 0 aliphatic rings. The van der Waals surface area contributed by atoms with Crippen LogP contribution in [0.5, 0.6) is 5.75 Å². The van der Waals surface area contributed by atoms with Crippen molar-refractivity contribution >= 4 is 11.9 Å². The molecule has 88 valence electrons. The topological polar surface area (TPSA) is 32.6 Å². The Morgan fingerprint density at radius 1 is 1.31 bits per heavy atom. The number of rotatable bonds is 2. The summed E-state index contributed by atoms with van der Waals surface area (Å²) in [7, 11) is 0. The smallest absolute Gasteiger partial charge is 0.144 e. The second kappa shape index (κ2) is 4.69. The van der Waals surface area contributed by atoms with Crippen LogP contribution in [0, 0.1) is 6.92 Å². The first-order valence-electron chi connectivity index (χ1n) is 5.73. The highest BCUT2D eigenvalue weighted by Gasteiger charge is 2.20. The Labute approximate surface area is 98.0 Å². The molecule has 0 atom stereocenters. The third-order valence-electron chi connectivity index (χ3n) is 2.46. The minimum absolute atomic E-state index is 0.0629. The van der Waals surface area contributed by atoms with Crippen LogP contribution in [0.4, 0.5) is 5.69 Å². The van der Waals surface area contributed by atoms with Crippen LogP contribution in [-0.4, -0.2) is 11.3 Å². The summed E-state index contributed by atoms with van der Waals surface area (Å²) in [6.07, 6.45) is 2.69. The number of hydrogen-bond donors (Lipinski definition) is 1. The van der Waals surface area contributed by atoms with E-state index in [1.165, 1.54) is 0 Å². The van der Waals surface area contributed by atoms with Gasteiger partial charge in [0.15, 0.2) is 0 Å². The molecule has 0 heterocycles. The van der Waals surface area contributed by atoms with E-state index in [0.29, 0.717) is 11.4 Å². The van der Waals surface area contributed by atoms with Crippen LogP contribution in [0.15, 0.2) is 17.1 Å². The Morgan fingerprint density at radius 2 is 1.94 bits per heavy atom. The molecule has 1 aromatic rings. The Bertz CT molecular complexity index is 400. The second-order valence-electron chi connectivity index (χ2n) is 5.15. The van der Waals surface area contributed by atoms with Crippen LogP contribution in [-0.2, 0) is 5.41 Å². The molecule has 0 saturated carbocycles. The molecule has 1 aromatic carbocycles. The number of hydrogen-bond acceptors (Lipinski definition) is 2. The molecule has 0 radical (unpaired) electrons. The molecule has 0 aliphatic carbocycles. The molecule has 2 nitrogen and oxygen atoms in total. The molecule has 0 aromatic heterocycles. The average molecular weight is 219 g/mol. The van der Waals surface area contributed by atoms with E-state index in [9.17, 15) is 5.11 Å². The van der Waals surface area contributed by atoms with Gasteiger partial charge in [0, 0.05) is 11.8 Å². The molecule has 16 heavy (non-hydrogen) atoms. The van der Waals surface area contributed by atoms with Crippen LogP contribution in [0.25, 0.3) is 0 Å². The normalized spacial score (nSPS) is 12.3. The van der Waals surface area contributed by atoms with Crippen LogP contribution in [0.3, 0.4) is 0 Å². The predicted octanol–water partition coefficient (Wildman–Crippen LogP) is 4.11. The zero-order valence-electron chi connectivity index (χ0n) is 10.8. The third-order valence-corrected chi connectivity index (χ3v) is 2.46. The first-order valence-corrected chi connectivity index (χ1v) is 5.73. The number of phenolic OH excluding ortho intramolecular Hbond substituents is 1. The van der Waals surface area contributed by atoms with Crippen molar-refractivity contribution in [1.29, 1.82) is 0 Å². The van der Waals surface area contributed by atoms with Crippen molar-refractivity contribution in [2.45, 2.75) is 46.5 Å². The molecule has 0 unspecified atom stereocenters. The van der Waals surface area contributed by atoms with Gasteiger partial charge in [-0.25, -0.2) is 0 Å². The molecular weight excluding hydrogens is 198 g/mol. The number of aromatic hydroxyl groups is 1. The zero-order valence-corrected chi connectivity index (χ0v) is 10.8. The van der Waals surface area contributed by atoms with E-state index in [1.807, 2.05) is 32.2 Å². The predicted molar refractivity (Wildman–Crippen MR) is 70.0 cm³/mol. The van der Waals surface area contributed by atoms with Gasteiger partial charge in [-0.1, -0.05) is 33.8 Å². The highest BCUT2D eigenvalue weighted by molar-refractivity contribution is 5.68. The highest BCUT2D eigenvalue weighted by atomic mass is 16.3. The minimum Gasteiger partial charge on any atom is -0.505 e. The first kappa shape index (κ1) is 12.8. The van der Waals surface area contributed by atoms with E-state index in [-0.39, 0.29) is 5.41 Å². The number of aryl methyl sites for hydroxylation is 1. The van der Waals surface area contributed by atoms with Gasteiger partial charge >= 0.3 is 0 Å². The lowest BCUT2D eigenvalue weighted by atomic mass is 9.85. The summed E-state index contributed by atoms with van der Waals surface area (Å²) in [6.45, 7) is 10.3. The molecule has 1 N–H and O–H groups in total. The SMILES string of the molecule is CC/C=N\c1cc(C)cc(C(C)(C)C)c1O. The van der Waals surface area contributed by atoms with E-state index < -0.39 is 0 Å². The van der Waals surface area contributed by atoms with Gasteiger partial charge < -0.3 is 5.11 Å². The third kappa shape index (κ3) is 2.84. The maximum Gasteiger partial charge on any atom is 0.144 e. The summed E-state index contributed by atoms with van der Waals surface area (Å²) >= 11 is 0. The lowest BCUT2D eigenvalue weighted by Gasteiger charge is -2.21. The van der Waals surface area contributed by atoms with Gasteiger partial charge in [0.2, 0.25) is 0 Å². The van der Waals surface area contributed by atoms with Crippen LogP contribution in [0.1, 0.15) is 45.2 Å². The number of phenols is 1. The van der Waals surface area contributed by atoms with Gasteiger partial charge in [-0.15, -0.1) is 0 Å². The van der Waals surface area contributed by atoms with E-state index in [4.69, 9.17) is 0 Å². The highest BCUT2D eigenvalue weighted by Crippen LogP contribution is 2.38. The fourth-order valence-corrected chi connectivity index (χ4v) is 1.62. The molecule has 0 fully saturated rings. The summed E-state index contributed by atoms with van der Waals surface area (Å²) in [5, 5.41) is 10.2. The molecule has 1 rings (SSSR count). The van der Waals surface area contributed by atoms with Crippen LogP contribution < -0.4 is 0 Å². The van der Waals surface area contributed by atoms with E-state index in [0.717, 1.165) is 17.5 Å². The number of benzene rings is 1. The van der Waals surface area contributed by atoms with Gasteiger partial charge in [-0.3, -0.25) is 4.99 Å². The minimum atomic E-state index is -0.0629. The Hall–Kier alpha value is -1.31. The van der Waals surface area contributed by atoms with Crippen molar-refractivity contribution < 1.29 is 5.11 Å². The van der Waals surface area contributed by atoms with Gasteiger partial charge in [-0.2, -0.15) is 0 Å². The van der Waals surface area contributed by atoms with Crippen molar-refractivity contribution in [3.63, 3.8) is 0 Å². The molecule has 0 amide bonds. The molecule has 0 bridgehead atoms. The number of nitrogens with zero attached hydrogens (tertiary/aromatic N) is 1. The van der Waals surface area contributed by atoms with Crippen LogP contribution in [0.2, 0.25) is 0 Å². The van der Waals surface area contributed by atoms with Gasteiger partial charge in [-0.05, 0) is 30.4 Å². The van der Waals surface area contributed by atoms with Crippen molar-refractivity contribution in [2.75, 3.05) is 0 Å². The van der Waals surface area contributed by atoms with E-state index in [1.54, 1.807) is 0 Å². The van der Waals surface area contributed by atoms with E-state index >= 15 is 0 Å². The summed E-state index contributed by atoms with van der Waals surface area (Å²) in [5.74, 6) is 0.308. The second-order valence-corrected chi connectivity index (χ2v) is 5.15. The van der Waals surface area contributed by atoms with Gasteiger partial charge in [0.1, 0.15) is 11.4 Å².